The maximum absolute atomic E-state index is 15.8. The van der Waals surface area contributed by atoms with Crippen LogP contribution in [0, 0.1) is 5.82 Å². The molecule has 0 aromatic heterocycles. The maximum Gasteiger partial charge on any atom is 0.255 e. The van der Waals surface area contributed by atoms with E-state index in [1.807, 2.05) is 30.1 Å². The lowest BCUT2D eigenvalue weighted by atomic mass is 9.88. The zero-order chi connectivity index (χ0) is 39.2. The number of hydrogen-bond acceptors (Lipinski definition) is 7. The fourth-order valence-electron chi connectivity index (χ4n) is 6.99. The molecule has 0 saturated carbocycles. The first kappa shape index (κ1) is 41.3. The third-order valence-electron chi connectivity index (χ3n) is 9.89. The van der Waals surface area contributed by atoms with Gasteiger partial charge in [0.05, 0.1) is 25.1 Å². The Kier molecular flexibility index (Phi) is 15.4. The number of halogens is 1. The topological polar surface area (TPSA) is 102 Å². The van der Waals surface area contributed by atoms with Gasteiger partial charge in [-0.15, -0.1) is 0 Å². The van der Waals surface area contributed by atoms with Crippen molar-refractivity contribution in [2.75, 3.05) is 44.2 Å². The van der Waals surface area contributed by atoms with Crippen LogP contribution in [0.1, 0.15) is 61.4 Å². The summed E-state index contributed by atoms with van der Waals surface area (Å²) in [5.41, 5.74) is 5.27. The number of fused-ring (bicyclic) bond motifs is 1. The SMILES string of the molecule is C=C/C=C\C(=C)/C(CC)=C(C(=C)/C=C\C(=C)OCCCCCN1CCN(c2ccc3c(c2F)CN(C2CCC(=O)NC2=O)C3=O)CC1)/C(C=C)=C/C=C/O. The molecule has 1 aromatic carbocycles. The number of amides is 3. The van der Waals surface area contributed by atoms with Gasteiger partial charge in [0.2, 0.25) is 11.8 Å². The molecule has 1 aromatic rings. The first-order valence-corrected chi connectivity index (χ1v) is 18.5. The van der Waals surface area contributed by atoms with Gasteiger partial charge in [-0.2, -0.15) is 0 Å². The van der Waals surface area contributed by atoms with Crippen LogP contribution in [0.15, 0.2) is 134 Å². The highest BCUT2D eigenvalue weighted by molar-refractivity contribution is 6.05. The van der Waals surface area contributed by atoms with E-state index in [1.54, 1.807) is 36.4 Å². The van der Waals surface area contributed by atoms with Crippen LogP contribution in [0.4, 0.5) is 10.1 Å². The van der Waals surface area contributed by atoms with Crippen LogP contribution < -0.4 is 10.2 Å². The normalized spacial score (nSPS) is 18.7. The number of ether oxygens (including phenoxy) is 1. The number of allylic oxidation sites excluding steroid dienone is 13. The summed E-state index contributed by atoms with van der Waals surface area (Å²) in [5, 5.41) is 11.5. The molecule has 3 amide bonds. The van der Waals surface area contributed by atoms with Crippen molar-refractivity contribution in [3.05, 3.63) is 150 Å². The van der Waals surface area contributed by atoms with Gasteiger partial charge in [-0.05, 0) is 90.8 Å². The van der Waals surface area contributed by atoms with Crippen molar-refractivity contribution in [2.45, 2.75) is 58.0 Å². The van der Waals surface area contributed by atoms with Gasteiger partial charge in [-0.25, -0.2) is 4.39 Å². The predicted molar refractivity (Wildman–Crippen MR) is 214 cm³/mol. The molecule has 1 atom stereocenters. The van der Waals surface area contributed by atoms with E-state index in [2.05, 4.69) is 43.1 Å². The minimum absolute atomic E-state index is 0.0182. The molecule has 3 aliphatic rings. The van der Waals surface area contributed by atoms with Crippen molar-refractivity contribution in [1.29, 1.82) is 0 Å². The largest absolute Gasteiger partial charge is 0.516 e. The van der Waals surface area contributed by atoms with E-state index in [1.165, 1.54) is 11.0 Å². The summed E-state index contributed by atoms with van der Waals surface area (Å²) in [7, 11) is 0. The quantitative estimate of drug-likeness (QED) is 0.0650. The number of imide groups is 1. The van der Waals surface area contributed by atoms with Crippen LogP contribution in [0.2, 0.25) is 0 Å². The first-order valence-electron chi connectivity index (χ1n) is 18.5. The Hall–Kier alpha value is -5.48. The minimum atomic E-state index is -0.773. The molecule has 1 unspecified atom stereocenters. The lowest BCUT2D eigenvalue weighted by Gasteiger charge is -2.36. The maximum atomic E-state index is 15.8. The molecule has 0 spiro atoms. The molecule has 10 heteroatoms. The number of carbonyl (C=O) groups excluding carboxylic acids is 3. The molecule has 3 aliphatic heterocycles. The van der Waals surface area contributed by atoms with Crippen LogP contribution in [0.25, 0.3) is 0 Å². The van der Waals surface area contributed by atoms with Gasteiger partial charge in [0, 0.05) is 43.7 Å². The zero-order valence-corrected chi connectivity index (χ0v) is 31.5. The van der Waals surface area contributed by atoms with E-state index in [4.69, 9.17) is 4.74 Å². The summed E-state index contributed by atoms with van der Waals surface area (Å²) in [6.07, 6.45) is 19.1. The summed E-state index contributed by atoms with van der Waals surface area (Å²) >= 11 is 0. The molecule has 4 rings (SSSR count). The van der Waals surface area contributed by atoms with E-state index < -0.39 is 17.8 Å². The lowest BCUT2D eigenvalue weighted by molar-refractivity contribution is -0.136. The molecule has 54 heavy (non-hydrogen) atoms. The summed E-state index contributed by atoms with van der Waals surface area (Å²) in [6, 6.07) is 2.55. The highest BCUT2D eigenvalue weighted by Gasteiger charge is 2.41. The molecular formula is C44H53FN4O5. The van der Waals surface area contributed by atoms with Crippen LogP contribution in [0.3, 0.4) is 0 Å². The van der Waals surface area contributed by atoms with Gasteiger partial charge in [0.15, 0.2) is 5.82 Å². The number of unbranched alkanes of at least 4 members (excludes halogenated alkanes) is 2. The Morgan fingerprint density at radius 2 is 1.76 bits per heavy atom. The number of hydrogen-bond donors (Lipinski definition) is 2. The molecule has 0 radical (unpaired) electrons. The van der Waals surface area contributed by atoms with E-state index in [0.29, 0.717) is 43.1 Å². The predicted octanol–water partition coefficient (Wildman–Crippen LogP) is 7.71. The van der Waals surface area contributed by atoms with E-state index >= 15 is 4.39 Å². The summed E-state index contributed by atoms with van der Waals surface area (Å²) in [6.45, 7) is 26.8. The van der Waals surface area contributed by atoms with Crippen molar-refractivity contribution >= 4 is 23.4 Å². The van der Waals surface area contributed by atoms with Crippen LogP contribution in [-0.2, 0) is 20.9 Å². The Balaban J connectivity index is 1.21. The van der Waals surface area contributed by atoms with Crippen molar-refractivity contribution in [1.82, 2.24) is 15.1 Å². The van der Waals surface area contributed by atoms with E-state index in [-0.39, 0.29) is 36.8 Å². The number of carbonyl (C=O) groups is 3. The third kappa shape index (κ3) is 10.3. The van der Waals surface area contributed by atoms with Gasteiger partial charge in [-0.3, -0.25) is 24.6 Å². The summed E-state index contributed by atoms with van der Waals surface area (Å²) in [4.78, 5) is 42.8. The van der Waals surface area contributed by atoms with Crippen LogP contribution in [-0.4, -0.2) is 78.0 Å². The van der Waals surface area contributed by atoms with Crippen LogP contribution in [0.5, 0.6) is 0 Å². The molecule has 3 heterocycles. The van der Waals surface area contributed by atoms with E-state index in [9.17, 15) is 19.5 Å². The van der Waals surface area contributed by atoms with Crippen molar-refractivity contribution in [2.24, 2.45) is 0 Å². The van der Waals surface area contributed by atoms with Gasteiger partial charge < -0.3 is 19.6 Å². The average molecular weight is 737 g/mol. The van der Waals surface area contributed by atoms with Crippen molar-refractivity contribution in [3.63, 3.8) is 0 Å². The second kappa shape index (κ2) is 20.1. The fourth-order valence-corrected chi connectivity index (χ4v) is 6.99. The van der Waals surface area contributed by atoms with Gasteiger partial charge in [0.1, 0.15) is 11.8 Å². The highest BCUT2D eigenvalue weighted by atomic mass is 19.1. The molecule has 2 fully saturated rings. The second-order valence-corrected chi connectivity index (χ2v) is 13.4. The Bertz CT molecular complexity index is 1810. The summed E-state index contributed by atoms with van der Waals surface area (Å²) in [5.74, 6) is -1.12. The standard InChI is InChI=1S/C44H53FN4O5/c1-7-10-15-31(4)35(9-3)41(34(8-2)16-14-28-50)32(5)17-18-33(6)54-29-13-11-12-23-47-24-26-48(27-25-47)38-20-19-36-37(42(38)45)30-49(44(36)53)39-21-22-40(51)46-43(39)52/h7-8,10,14-20,28,39,50H,1-2,4-6,9,11-13,21-27,29-30H2,3H3,(H,46,51,52)/b15-10-,18-17-,28-14+,34-16+,41-35+. The molecule has 0 bridgehead atoms. The number of nitrogens with zero attached hydrogens (tertiary/aromatic N) is 3. The Morgan fingerprint density at radius 1 is 1.00 bits per heavy atom. The number of rotatable bonds is 19. The minimum Gasteiger partial charge on any atom is -0.516 e. The highest BCUT2D eigenvalue weighted by Crippen LogP contribution is 2.34. The Morgan fingerprint density at radius 3 is 2.43 bits per heavy atom. The molecular weight excluding hydrogens is 684 g/mol. The number of piperidine rings is 1. The molecule has 9 nitrogen and oxygen atoms in total. The van der Waals surface area contributed by atoms with E-state index in [0.717, 1.165) is 73.0 Å². The third-order valence-corrected chi connectivity index (χ3v) is 9.89. The van der Waals surface area contributed by atoms with Crippen LogP contribution >= 0.6 is 0 Å². The summed E-state index contributed by atoms with van der Waals surface area (Å²) < 4.78 is 21.7. The number of anilines is 1. The number of benzene rings is 1. The molecule has 2 saturated heterocycles. The monoisotopic (exact) mass is 736 g/mol. The number of aliphatic hydroxyl groups excluding tert-OH is 1. The molecule has 0 aliphatic carbocycles. The lowest BCUT2D eigenvalue weighted by Crippen LogP contribution is -2.52. The number of nitrogens with one attached hydrogen (secondary N) is 1. The number of piperazine rings is 1. The average Bonchev–Trinajstić information content (AvgIpc) is 3.50. The Labute approximate surface area is 319 Å². The molecule has 286 valence electrons. The molecule has 2 N–H and O–H groups in total. The number of aliphatic hydroxyl groups is 1. The van der Waals surface area contributed by atoms with Gasteiger partial charge >= 0.3 is 0 Å². The van der Waals surface area contributed by atoms with Gasteiger partial charge in [-0.1, -0.05) is 76.3 Å². The fraction of sp³-hybridized carbons (Fsp3) is 0.341. The zero-order valence-electron chi connectivity index (χ0n) is 31.5. The van der Waals surface area contributed by atoms with Gasteiger partial charge in [0.25, 0.3) is 5.91 Å². The second-order valence-electron chi connectivity index (χ2n) is 13.4. The smallest absolute Gasteiger partial charge is 0.255 e. The first-order chi connectivity index (χ1) is 26.0. The van der Waals surface area contributed by atoms with Crippen molar-refractivity contribution in [3.8, 4) is 0 Å². The van der Waals surface area contributed by atoms with Crippen molar-refractivity contribution < 1.29 is 28.6 Å².